The average molecular weight is 448 g/mol. The van der Waals surface area contributed by atoms with Gasteiger partial charge in [0.1, 0.15) is 11.2 Å². The number of aliphatic hydroxyl groups excluding tert-OH is 1. The Labute approximate surface area is 188 Å². The Morgan fingerprint density at radius 3 is 2.69 bits per heavy atom. The number of fused-ring (bicyclic) bond motifs is 1. The molecule has 0 saturated carbocycles. The minimum absolute atomic E-state index is 0.391. The third-order valence-corrected chi connectivity index (χ3v) is 5.69. The quantitative estimate of drug-likeness (QED) is 0.365. The van der Waals surface area contributed by atoms with Crippen molar-refractivity contribution >= 4 is 45.6 Å². The van der Waals surface area contributed by atoms with E-state index in [1.165, 1.54) is 30.9 Å². The summed E-state index contributed by atoms with van der Waals surface area (Å²) in [5, 5.41) is 22.0. The molecule has 0 fully saturated rings. The molecule has 0 bridgehead atoms. The number of aromatic nitrogens is 3. The number of aliphatic carboxylic acids is 1. The molecule has 2 heterocycles. The van der Waals surface area contributed by atoms with E-state index in [2.05, 4.69) is 49.8 Å². The number of carbonyl (C=O) groups is 1. The normalized spacial score (nSPS) is 13.3. The second kappa shape index (κ2) is 9.21. The maximum atomic E-state index is 11.2. The van der Waals surface area contributed by atoms with Gasteiger partial charge in [0.15, 0.2) is 16.7 Å². The van der Waals surface area contributed by atoms with Crippen molar-refractivity contribution in [3.8, 4) is 11.1 Å². The van der Waals surface area contributed by atoms with Crippen molar-refractivity contribution in [1.29, 1.82) is 0 Å². The molecule has 0 saturated heterocycles. The van der Waals surface area contributed by atoms with E-state index in [1.54, 1.807) is 0 Å². The van der Waals surface area contributed by atoms with Crippen molar-refractivity contribution in [3.05, 3.63) is 66.0 Å². The molecule has 2 unspecified atom stereocenters. The molecule has 0 radical (unpaired) electrons. The van der Waals surface area contributed by atoms with Crippen LogP contribution in [0.3, 0.4) is 0 Å². The van der Waals surface area contributed by atoms with Gasteiger partial charge in [0.25, 0.3) is 0 Å². The molecule has 4 aromatic rings. The predicted octanol–water partition coefficient (Wildman–Crippen LogP) is 4.06. The molecule has 0 aliphatic heterocycles. The lowest BCUT2D eigenvalue weighted by Gasteiger charge is -2.12. The first-order valence-corrected chi connectivity index (χ1v) is 10.7. The standard InChI is InChI=1S/C23H21N5O3S/c1-13-17(15-7-4-3-5-8-15)9-6-10-18(13)27-21-20-22(32-28-21)26-16(12-25-20)11-24-19(14(2)29)23(30)31/h3-12,14,19,29H,1-2H3,(H,27,28)(H,30,31). The molecule has 9 heteroatoms. The van der Waals surface area contributed by atoms with Crippen molar-refractivity contribution < 1.29 is 15.0 Å². The van der Waals surface area contributed by atoms with E-state index in [-0.39, 0.29) is 0 Å². The first-order valence-electron chi connectivity index (χ1n) is 9.92. The number of benzene rings is 2. The van der Waals surface area contributed by atoms with E-state index in [1.807, 2.05) is 30.3 Å². The highest BCUT2D eigenvalue weighted by atomic mass is 32.1. The largest absolute Gasteiger partial charge is 0.480 e. The van der Waals surface area contributed by atoms with Crippen LogP contribution in [0.4, 0.5) is 11.5 Å². The first-order chi connectivity index (χ1) is 15.4. The number of anilines is 2. The van der Waals surface area contributed by atoms with Gasteiger partial charge in [0.05, 0.1) is 12.3 Å². The van der Waals surface area contributed by atoms with Gasteiger partial charge in [-0.25, -0.2) is 14.8 Å². The summed E-state index contributed by atoms with van der Waals surface area (Å²) in [5.74, 6) is -0.607. The van der Waals surface area contributed by atoms with E-state index < -0.39 is 18.1 Å². The van der Waals surface area contributed by atoms with Gasteiger partial charge >= 0.3 is 5.97 Å². The highest BCUT2D eigenvalue weighted by molar-refractivity contribution is 7.13. The molecule has 2 aromatic carbocycles. The number of aliphatic imine (C=N–C) groups is 1. The molecular formula is C23H21N5O3S. The van der Waals surface area contributed by atoms with E-state index in [4.69, 9.17) is 5.11 Å². The summed E-state index contributed by atoms with van der Waals surface area (Å²) >= 11 is 1.19. The van der Waals surface area contributed by atoms with Gasteiger partial charge in [-0.3, -0.25) is 4.99 Å². The van der Waals surface area contributed by atoms with E-state index in [0.717, 1.165) is 22.4 Å². The number of nitrogens with one attached hydrogen (secondary N) is 1. The molecule has 2 atom stereocenters. The van der Waals surface area contributed by atoms with Crippen molar-refractivity contribution in [3.63, 3.8) is 0 Å². The summed E-state index contributed by atoms with van der Waals surface area (Å²) < 4.78 is 4.45. The summed E-state index contributed by atoms with van der Waals surface area (Å²) in [6, 6.07) is 15.0. The maximum Gasteiger partial charge on any atom is 0.331 e. The monoisotopic (exact) mass is 447 g/mol. The molecule has 162 valence electrons. The number of hydrogen-bond acceptors (Lipinski definition) is 8. The van der Waals surface area contributed by atoms with Gasteiger partial charge in [-0.05, 0) is 48.1 Å². The van der Waals surface area contributed by atoms with Crippen LogP contribution in [0.15, 0.2) is 59.7 Å². The van der Waals surface area contributed by atoms with Crippen LogP contribution in [0.2, 0.25) is 0 Å². The average Bonchev–Trinajstić information content (AvgIpc) is 3.17. The molecule has 0 aliphatic rings. The fourth-order valence-electron chi connectivity index (χ4n) is 3.27. The summed E-state index contributed by atoms with van der Waals surface area (Å²) in [5.41, 5.74) is 5.29. The van der Waals surface area contributed by atoms with Gasteiger partial charge in [-0.2, -0.15) is 4.37 Å². The first kappa shape index (κ1) is 21.5. The summed E-state index contributed by atoms with van der Waals surface area (Å²) in [4.78, 5) is 24.6. The smallest absolute Gasteiger partial charge is 0.331 e. The van der Waals surface area contributed by atoms with Gasteiger partial charge in [0, 0.05) is 11.9 Å². The van der Waals surface area contributed by atoms with Gasteiger partial charge in [-0.1, -0.05) is 42.5 Å². The molecule has 0 amide bonds. The van der Waals surface area contributed by atoms with Crippen molar-refractivity contribution in [1.82, 2.24) is 14.3 Å². The van der Waals surface area contributed by atoms with Crippen molar-refractivity contribution in [2.24, 2.45) is 4.99 Å². The number of aliphatic hydroxyl groups is 1. The number of carboxylic acids is 1. The lowest BCUT2D eigenvalue weighted by atomic mass is 9.99. The van der Waals surface area contributed by atoms with E-state index >= 15 is 0 Å². The van der Waals surface area contributed by atoms with Crippen LogP contribution in [0.5, 0.6) is 0 Å². The van der Waals surface area contributed by atoms with Gasteiger partial charge in [-0.15, -0.1) is 0 Å². The van der Waals surface area contributed by atoms with Crippen LogP contribution in [0, 0.1) is 6.92 Å². The predicted molar refractivity (Wildman–Crippen MR) is 126 cm³/mol. The minimum atomic E-state index is -1.26. The number of hydrogen-bond donors (Lipinski definition) is 3. The third kappa shape index (κ3) is 4.48. The van der Waals surface area contributed by atoms with Crippen LogP contribution in [0.1, 0.15) is 18.2 Å². The molecule has 32 heavy (non-hydrogen) atoms. The third-order valence-electron chi connectivity index (χ3n) is 4.96. The number of rotatable bonds is 7. The Morgan fingerprint density at radius 2 is 1.97 bits per heavy atom. The Kier molecular flexibility index (Phi) is 6.20. The van der Waals surface area contributed by atoms with Gasteiger partial charge < -0.3 is 15.5 Å². The van der Waals surface area contributed by atoms with Crippen LogP contribution in [-0.4, -0.2) is 48.9 Å². The topological polar surface area (TPSA) is 121 Å². The minimum Gasteiger partial charge on any atom is -0.480 e. The summed E-state index contributed by atoms with van der Waals surface area (Å²) in [7, 11) is 0. The molecule has 8 nitrogen and oxygen atoms in total. The molecule has 4 rings (SSSR count). The van der Waals surface area contributed by atoms with Crippen LogP contribution < -0.4 is 5.32 Å². The Morgan fingerprint density at radius 1 is 1.19 bits per heavy atom. The lowest BCUT2D eigenvalue weighted by molar-refractivity contribution is -0.140. The highest BCUT2D eigenvalue weighted by Crippen LogP contribution is 2.32. The second-order valence-corrected chi connectivity index (χ2v) is 8.00. The van der Waals surface area contributed by atoms with Crippen LogP contribution in [0.25, 0.3) is 21.5 Å². The fraction of sp³-hybridized carbons (Fsp3) is 0.174. The SMILES string of the molecule is Cc1c(Nc2nsc3nc(C=NC(C(=O)O)C(C)O)cnc23)cccc1-c1ccccc1. The highest BCUT2D eigenvalue weighted by Gasteiger charge is 2.21. The van der Waals surface area contributed by atoms with Crippen molar-refractivity contribution in [2.45, 2.75) is 26.0 Å². The zero-order chi connectivity index (χ0) is 22.7. The maximum absolute atomic E-state index is 11.2. The van der Waals surface area contributed by atoms with Crippen LogP contribution in [-0.2, 0) is 4.79 Å². The van der Waals surface area contributed by atoms with Crippen molar-refractivity contribution in [2.75, 3.05) is 5.32 Å². The summed E-state index contributed by atoms with van der Waals surface area (Å²) in [6.45, 7) is 3.43. The second-order valence-electron chi connectivity index (χ2n) is 7.25. The molecule has 0 aliphatic carbocycles. The molecule has 0 spiro atoms. The molecule has 3 N–H and O–H groups in total. The Balaban J connectivity index is 1.60. The zero-order valence-electron chi connectivity index (χ0n) is 17.4. The van der Waals surface area contributed by atoms with E-state index in [0.29, 0.717) is 21.9 Å². The number of nitrogens with zero attached hydrogens (tertiary/aromatic N) is 4. The number of carboxylic acid groups (broad SMARTS) is 1. The zero-order valence-corrected chi connectivity index (χ0v) is 18.2. The lowest BCUT2D eigenvalue weighted by Crippen LogP contribution is -2.30. The van der Waals surface area contributed by atoms with Gasteiger partial charge in [0.2, 0.25) is 0 Å². The van der Waals surface area contributed by atoms with E-state index in [9.17, 15) is 9.90 Å². The molecular weight excluding hydrogens is 426 g/mol. The van der Waals surface area contributed by atoms with Crippen LogP contribution >= 0.6 is 11.5 Å². The molecule has 2 aromatic heterocycles. The Bertz CT molecular complexity index is 1290. The Hall–Kier alpha value is -3.69. The fourth-order valence-corrected chi connectivity index (χ4v) is 3.96. The summed E-state index contributed by atoms with van der Waals surface area (Å²) in [6.07, 6.45) is 1.69.